The number of rotatable bonds is 6. The van der Waals surface area contributed by atoms with E-state index in [2.05, 4.69) is 9.97 Å². The number of carboxylic acids is 1. The first kappa shape index (κ1) is 13.4. The second-order valence-electron chi connectivity index (χ2n) is 4.10. The third-order valence-corrected chi connectivity index (χ3v) is 2.19. The van der Waals surface area contributed by atoms with Crippen LogP contribution in [0.5, 0.6) is 5.88 Å². The number of ether oxygens (including phenoxy) is 1. The molecule has 1 aromatic rings. The highest BCUT2D eigenvalue weighted by Gasteiger charge is 2.22. The molecule has 94 valence electrons. The predicted octanol–water partition coefficient (Wildman–Crippen LogP) is 2.23. The first-order chi connectivity index (χ1) is 8.04. The monoisotopic (exact) mass is 238 g/mol. The Balaban J connectivity index is 2.91. The molecule has 1 rings (SSSR count). The molecular weight excluding hydrogens is 220 g/mol. The average Bonchev–Trinajstić information content (AvgIpc) is 2.24. The topological polar surface area (TPSA) is 72.3 Å². The highest BCUT2D eigenvalue weighted by Crippen LogP contribution is 2.20. The lowest BCUT2D eigenvalue weighted by Gasteiger charge is -2.12. The number of aromatic nitrogens is 2. The van der Waals surface area contributed by atoms with Crippen molar-refractivity contribution in [1.29, 1.82) is 0 Å². The second kappa shape index (κ2) is 6.18. The number of hydrogen-bond donors (Lipinski definition) is 1. The highest BCUT2D eigenvalue weighted by molar-refractivity contribution is 5.74. The van der Waals surface area contributed by atoms with Gasteiger partial charge in [0.15, 0.2) is 0 Å². The largest absolute Gasteiger partial charge is 0.481 e. The van der Waals surface area contributed by atoms with Crippen LogP contribution in [0.25, 0.3) is 0 Å². The molecule has 5 nitrogen and oxygen atoms in total. The van der Waals surface area contributed by atoms with Crippen molar-refractivity contribution < 1.29 is 14.6 Å². The molecule has 1 unspecified atom stereocenters. The molecule has 17 heavy (non-hydrogen) atoms. The number of carbonyl (C=O) groups is 1. The minimum atomic E-state index is -0.895. The molecule has 0 aliphatic rings. The summed E-state index contributed by atoms with van der Waals surface area (Å²) in [5.74, 6) is -0.811. The van der Waals surface area contributed by atoms with Crippen LogP contribution in [0.1, 0.15) is 45.4 Å². The third-order valence-electron chi connectivity index (χ3n) is 2.19. The van der Waals surface area contributed by atoms with Crippen molar-refractivity contribution in [2.75, 3.05) is 0 Å². The van der Waals surface area contributed by atoms with E-state index in [1.165, 1.54) is 6.20 Å². The molecule has 0 spiro atoms. The molecule has 0 radical (unpaired) electrons. The zero-order chi connectivity index (χ0) is 12.8. The van der Waals surface area contributed by atoms with Crippen LogP contribution in [0.3, 0.4) is 0 Å². The van der Waals surface area contributed by atoms with Crippen molar-refractivity contribution in [1.82, 2.24) is 9.97 Å². The van der Waals surface area contributed by atoms with Gasteiger partial charge in [0.25, 0.3) is 0 Å². The maximum absolute atomic E-state index is 11.1. The van der Waals surface area contributed by atoms with Gasteiger partial charge in [0, 0.05) is 12.3 Å². The molecule has 0 amide bonds. The molecule has 0 saturated carbocycles. The summed E-state index contributed by atoms with van der Waals surface area (Å²) < 4.78 is 5.42. The van der Waals surface area contributed by atoms with Crippen LogP contribution in [-0.2, 0) is 4.79 Å². The number of nitrogens with zero attached hydrogens (tertiary/aromatic N) is 2. The van der Waals surface area contributed by atoms with E-state index in [0.29, 0.717) is 18.1 Å². The normalized spacial score (nSPS) is 12.5. The van der Waals surface area contributed by atoms with E-state index in [9.17, 15) is 4.79 Å². The highest BCUT2D eigenvalue weighted by atomic mass is 16.5. The molecule has 0 aliphatic heterocycles. The molecule has 0 fully saturated rings. The van der Waals surface area contributed by atoms with Gasteiger partial charge in [-0.1, -0.05) is 13.3 Å². The van der Waals surface area contributed by atoms with Gasteiger partial charge in [-0.25, -0.2) is 4.98 Å². The van der Waals surface area contributed by atoms with Crippen LogP contribution in [0, 0.1) is 0 Å². The Kier molecular flexibility index (Phi) is 4.87. The molecule has 0 aliphatic carbocycles. The summed E-state index contributed by atoms with van der Waals surface area (Å²) in [5.41, 5.74) is 0. The summed E-state index contributed by atoms with van der Waals surface area (Å²) in [6, 6.07) is 1.63. The quantitative estimate of drug-likeness (QED) is 0.822. The molecule has 1 heterocycles. The lowest BCUT2D eigenvalue weighted by molar-refractivity contribution is -0.139. The maximum Gasteiger partial charge on any atom is 0.314 e. The van der Waals surface area contributed by atoms with E-state index in [4.69, 9.17) is 9.84 Å². The van der Waals surface area contributed by atoms with Gasteiger partial charge >= 0.3 is 5.97 Å². The Hall–Kier alpha value is -1.65. The Labute approximate surface area is 101 Å². The van der Waals surface area contributed by atoms with E-state index in [-0.39, 0.29) is 6.10 Å². The Morgan fingerprint density at radius 2 is 2.24 bits per heavy atom. The second-order valence-corrected chi connectivity index (χ2v) is 4.10. The van der Waals surface area contributed by atoms with E-state index in [0.717, 1.165) is 6.42 Å². The van der Waals surface area contributed by atoms with E-state index in [1.807, 2.05) is 20.8 Å². The van der Waals surface area contributed by atoms with Crippen LogP contribution in [0.4, 0.5) is 0 Å². The van der Waals surface area contributed by atoms with Crippen LogP contribution < -0.4 is 4.74 Å². The minimum absolute atomic E-state index is 0.00667. The minimum Gasteiger partial charge on any atom is -0.481 e. The van der Waals surface area contributed by atoms with Gasteiger partial charge in [-0.2, -0.15) is 4.98 Å². The molecule has 1 aromatic heterocycles. The number of carboxylic acid groups (broad SMARTS) is 1. The van der Waals surface area contributed by atoms with Crippen molar-refractivity contribution >= 4 is 5.97 Å². The van der Waals surface area contributed by atoms with Gasteiger partial charge < -0.3 is 9.84 Å². The fraction of sp³-hybridized carbons (Fsp3) is 0.583. The summed E-state index contributed by atoms with van der Waals surface area (Å²) in [6.45, 7) is 5.72. The number of hydrogen-bond acceptors (Lipinski definition) is 4. The van der Waals surface area contributed by atoms with Gasteiger partial charge in [-0.15, -0.1) is 0 Å². The smallest absolute Gasteiger partial charge is 0.314 e. The first-order valence-corrected chi connectivity index (χ1v) is 5.77. The summed E-state index contributed by atoms with van der Waals surface area (Å²) in [4.78, 5) is 19.3. The van der Waals surface area contributed by atoms with Crippen molar-refractivity contribution in [3.8, 4) is 5.88 Å². The van der Waals surface area contributed by atoms with Crippen LogP contribution in [0.15, 0.2) is 12.3 Å². The summed E-state index contributed by atoms with van der Waals surface area (Å²) >= 11 is 0. The van der Waals surface area contributed by atoms with E-state index >= 15 is 0 Å². The lowest BCUT2D eigenvalue weighted by Crippen LogP contribution is -2.16. The van der Waals surface area contributed by atoms with Gasteiger partial charge in [-0.3, -0.25) is 4.79 Å². The van der Waals surface area contributed by atoms with Gasteiger partial charge in [0.2, 0.25) is 5.88 Å². The fourth-order valence-electron chi connectivity index (χ4n) is 1.48. The van der Waals surface area contributed by atoms with Crippen LogP contribution >= 0.6 is 0 Å². The Morgan fingerprint density at radius 3 is 2.76 bits per heavy atom. The Morgan fingerprint density at radius 1 is 1.53 bits per heavy atom. The van der Waals surface area contributed by atoms with Crippen molar-refractivity contribution in [2.24, 2.45) is 0 Å². The first-order valence-electron chi connectivity index (χ1n) is 5.77. The molecule has 0 saturated heterocycles. The van der Waals surface area contributed by atoms with Gasteiger partial charge in [-0.05, 0) is 20.3 Å². The molecule has 1 N–H and O–H groups in total. The van der Waals surface area contributed by atoms with Gasteiger partial charge in [0.1, 0.15) is 11.7 Å². The number of aliphatic carboxylic acids is 1. The van der Waals surface area contributed by atoms with Crippen molar-refractivity contribution in [3.05, 3.63) is 18.1 Å². The standard InChI is InChI=1S/C12H18N2O3/c1-4-5-9(12(15)16)11-13-7-6-10(14-11)17-8(2)3/h6-9H,4-5H2,1-3H3,(H,15,16). The predicted molar refractivity (Wildman–Crippen MR) is 63.1 cm³/mol. The van der Waals surface area contributed by atoms with Gasteiger partial charge in [0.05, 0.1) is 6.10 Å². The molecular formula is C12H18N2O3. The summed E-state index contributed by atoms with van der Waals surface area (Å²) in [5, 5.41) is 9.11. The van der Waals surface area contributed by atoms with E-state index in [1.54, 1.807) is 6.07 Å². The summed E-state index contributed by atoms with van der Waals surface area (Å²) in [6.07, 6.45) is 2.84. The zero-order valence-electron chi connectivity index (χ0n) is 10.4. The summed E-state index contributed by atoms with van der Waals surface area (Å²) in [7, 11) is 0. The molecule has 1 atom stereocenters. The van der Waals surface area contributed by atoms with Crippen molar-refractivity contribution in [3.63, 3.8) is 0 Å². The van der Waals surface area contributed by atoms with Crippen LogP contribution in [-0.4, -0.2) is 27.1 Å². The molecule has 0 bridgehead atoms. The Bertz CT molecular complexity index is 380. The SMILES string of the molecule is CCCC(C(=O)O)c1nccc(OC(C)C)n1. The fourth-order valence-corrected chi connectivity index (χ4v) is 1.48. The average molecular weight is 238 g/mol. The zero-order valence-corrected chi connectivity index (χ0v) is 10.4. The molecule has 0 aromatic carbocycles. The lowest BCUT2D eigenvalue weighted by atomic mass is 10.0. The third kappa shape index (κ3) is 4.01. The van der Waals surface area contributed by atoms with Crippen molar-refractivity contribution in [2.45, 2.75) is 45.6 Å². The van der Waals surface area contributed by atoms with Crippen LogP contribution in [0.2, 0.25) is 0 Å². The molecule has 5 heteroatoms. The maximum atomic E-state index is 11.1. The van der Waals surface area contributed by atoms with E-state index < -0.39 is 11.9 Å².